The van der Waals surface area contributed by atoms with E-state index in [1.807, 2.05) is 48.5 Å². The number of hydrogen-bond donors (Lipinski definition) is 1. The van der Waals surface area contributed by atoms with E-state index >= 15 is 0 Å². The molecule has 0 radical (unpaired) electrons. The third-order valence-electron chi connectivity index (χ3n) is 3.80. The summed E-state index contributed by atoms with van der Waals surface area (Å²) in [5, 5.41) is 8.07. The molecule has 0 aliphatic heterocycles. The van der Waals surface area contributed by atoms with Gasteiger partial charge in [0.2, 0.25) is 5.88 Å². The molecule has 2 heterocycles. The second kappa shape index (κ2) is 7.52. The number of rotatable bonds is 4. The van der Waals surface area contributed by atoms with E-state index in [9.17, 15) is 0 Å². The molecule has 0 saturated carbocycles. The first-order valence-electron chi connectivity index (χ1n) is 7.94. The van der Waals surface area contributed by atoms with Crippen molar-refractivity contribution in [3.8, 4) is 28.7 Å². The summed E-state index contributed by atoms with van der Waals surface area (Å²) in [6, 6.07) is 18.3. The largest absolute Gasteiger partial charge is 0.438 e. The maximum atomic E-state index is 6.17. The maximum Gasteiger partial charge on any atom is 0.230 e. The van der Waals surface area contributed by atoms with Gasteiger partial charge in [0.25, 0.3) is 0 Å². The van der Waals surface area contributed by atoms with Gasteiger partial charge in [-0.3, -0.25) is 9.67 Å². The van der Waals surface area contributed by atoms with Crippen LogP contribution in [0.15, 0.2) is 66.9 Å². The van der Waals surface area contributed by atoms with Gasteiger partial charge in [0, 0.05) is 6.20 Å². The van der Waals surface area contributed by atoms with Crippen molar-refractivity contribution in [2.24, 2.45) is 0 Å². The summed E-state index contributed by atoms with van der Waals surface area (Å²) in [6.07, 6.45) is 1.66. The zero-order valence-electron chi connectivity index (χ0n) is 13.8. The van der Waals surface area contributed by atoms with Gasteiger partial charge in [-0.25, -0.2) is 4.98 Å². The third kappa shape index (κ3) is 3.60. The Morgan fingerprint density at radius 2 is 1.78 bits per heavy atom. The van der Waals surface area contributed by atoms with Crippen molar-refractivity contribution in [3.63, 3.8) is 0 Å². The number of halogens is 2. The van der Waals surface area contributed by atoms with Crippen LogP contribution in [0.5, 0.6) is 11.6 Å². The topological polar surface area (TPSA) is 55.7 Å². The lowest BCUT2D eigenvalue weighted by Gasteiger charge is -2.11. The lowest BCUT2D eigenvalue weighted by molar-refractivity contribution is 0.464. The smallest absolute Gasteiger partial charge is 0.230 e. The zero-order valence-corrected chi connectivity index (χ0v) is 16.1. The number of nitrogens with zero attached hydrogens (tertiary/aromatic N) is 3. The van der Waals surface area contributed by atoms with E-state index in [4.69, 9.17) is 40.2 Å². The number of pyridine rings is 1. The molecule has 0 aliphatic rings. The third-order valence-corrected chi connectivity index (χ3v) is 4.82. The molecule has 0 bridgehead atoms. The van der Waals surface area contributed by atoms with Crippen LogP contribution >= 0.6 is 35.4 Å². The van der Waals surface area contributed by atoms with Gasteiger partial charge in [-0.15, -0.1) is 0 Å². The Balaban J connectivity index is 1.84. The van der Waals surface area contributed by atoms with Crippen molar-refractivity contribution < 1.29 is 4.74 Å². The molecule has 2 aromatic carbocycles. The quantitative estimate of drug-likeness (QED) is 0.410. The number of aromatic amines is 1. The molecule has 27 heavy (non-hydrogen) atoms. The van der Waals surface area contributed by atoms with Crippen LogP contribution in [0.25, 0.3) is 17.1 Å². The fourth-order valence-corrected chi connectivity index (χ4v) is 3.11. The summed E-state index contributed by atoms with van der Waals surface area (Å²) in [5.41, 5.74) is 1.41. The highest BCUT2D eigenvalue weighted by atomic mass is 35.5. The van der Waals surface area contributed by atoms with Gasteiger partial charge >= 0.3 is 0 Å². The predicted octanol–water partition coefficient (Wildman–Crippen LogP) is 6.09. The van der Waals surface area contributed by atoms with Gasteiger partial charge in [0.15, 0.2) is 10.6 Å². The van der Waals surface area contributed by atoms with Gasteiger partial charge in [-0.1, -0.05) is 41.4 Å². The number of para-hydroxylation sites is 1. The Morgan fingerprint density at radius 3 is 2.56 bits per heavy atom. The van der Waals surface area contributed by atoms with Gasteiger partial charge < -0.3 is 4.74 Å². The highest BCUT2D eigenvalue weighted by molar-refractivity contribution is 7.71. The SMILES string of the molecule is S=c1[nH]nc(-c2cccnc2Oc2ccccc2)n1-c1ccc(Cl)c(Cl)c1. The summed E-state index contributed by atoms with van der Waals surface area (Å²) in [6.45, 7) is 0. The Bertz CT molecular complexity index is 1160. The Labute approximate surface area is 170 Å². The van der Waals surface area contributed by atoms with Crippen molar-refractivity contribution in [2.75, 3.05) is 0 Å². The first kappa shape index (κ1) is 17.7. The first-order valence-corrected chi connectivity index (χ1v) is 9.11. The van der Waals surface area contributed by atoms with E-state index in [2.05, 4.69) is 15.2 Å². The molecule has 8 heteroatoms. The minimum Gasteiger partial charge on any atom is -0.438 e. The van der Waals surface area contributed by atoms with Crippen molar-refractivity contribution in [3.05, 3.63) is 81.7 Å². The number of H-pyrrole nitrogens is 1. The van der Waals surface area contributed by atoms with Crippen LogP contribution in [0, 0.1) is 4.77 Å². The van der Waals surface area contributed by atoms with Gasteiger partial charge in [-0.05, 0) is 54.7 Å². The monoisotopic (exact) mass is 414 g/mol. The second-order valence-corrected chi connectivity index (χ2v) is 6.76. The molecule has 0 atom stereocenters. The molecular formula is C19H12Cl2N4OS. The average molecular weight is 415 g/mol. The van der Waals surface area contributed by atoms with E-state index in [0.717, 1.165) is 5.69 Å². The minimum atomic E-state index is 0.415. The summed E-state index contributed by atoms with van der Waals surface area (Å²) in [7, 11) is 0. The number of ether oxygens (including phenoxy) is 1. The standard InChI is InChI=1S/C19H12Cl2N4OS/c20-15-9-8-12(11-16(15)21)25-17(23-24-19(25)27)14-7-4-10-22-18(14)26-13-5-2-1-3-6-13/h1-11H,(H,24,27). The minimum absolute atomic E-state index is 0.415. The Hall–Kier alpha value is -2.67. The van der Waals surface area contributed by atoms with Crippen LogP contribution in [0.1, 0.15) is 0 Å². The Morgan fingerprint density at radius 1 is 0.963 bits per heavy atom. The number of benzene rings is 2. The second-order valence-electron chi connectivity index (χ2n) is 5.56. The van der Waals surface area contributed by atoms with E-state index in [-0.39, 0.29) is 0 Å². The van der Waals surface area contributed by atoms with Gasteiger partial charge in [0.05, 0.1) is 21.3 Å². The lowest BCUT2D eigenvalue weighted by atomic mass is 10.2. The molecule has 1 N–H and O–H groups in total. The highest BCUT2D eigenvalue weighted by Gasteiger charge is 2.17. The van der Waals surface area contributed by atoms with Crippen LogP contribution < -0.4 is 4.74 Å². The molecule has 0 amide bonds. The van der Waals surface area contributed by atoms with E-state index in [1.54, 1.807) is 22.9 Å². The molecule has 2 aromatic heterocycles. The van der Waals surface area contributed by atoms with Crippen LogP contribution in [0.2, 0.25) is 10.0 Å². The van der Waals surface area contributed by atoms with Crippen molar-refractivity contribution >= 4 is 35.4 Å². The normalized spacial score (nSPS) is 10.7. The molecule has 0 saturated heterocycles. The molecule has 0 aliphatic carbocycles. The van der Waals surface area contributed by atoms with Crippen LogP contribution in [0.4, 0.5) is 0 Å². The summed E-state index contributed by atoms with van der Waals surface area (Å²) < 4.78 is 8.12. The van der Waals surface area contributed by atoms with Gasteiger partial charge in [0.1, 0.15) is 5.75 Å². The van der Waals surface area contributed by atoms with E-state index in [0.29, 0.717) is 37.8 Å². The molecular weight excluding hydrogens is 403 g/mol. The van der Waals surface area contributed by atoms with Crippen molar-refractivity contribution in [2.45, 2.75) is 0 Å². The van der Waals surface area contributed by atoms with E-state index < -0.39 is 0 Å². The maximum absolute atomic E-state index is 6.17. The van der Waals surface area contributed by atoms with Crippen molar-refractivity contribution in [1.82, 2.24) is 19.7 Å². The van der Waals surface area contributed by atoms with Crippen LogP contribution in [0.3, 0.4) is 0 Å². The summed E-state index contributed by atoms with van der Waals surface area (Å²) >= 11 is 17.6. The number of aromatic nitrogens is 4. The molecule has 0 spiro atoms. The molecule has 4 rings (SSSR count). The van der Waals surface area contributed by atoms with Crippen molar-refractivity contribution in [1.29, 1.82) is 0 Å². The molecule has 0 unspecified atom stereocenters. The molecule has 5 nitrogen and oxygen atoms in total. The average Bonchev–Trinajstić information content (AvgIpc) is 3.07. The fraction of sp³-hybridized carbons (Fsp3) is 0. The van der Waals surface area contributed by atoms with Gasteiger partial charge in [-0.2, -0.15) is 5.10 Å². The number of hydrogen-bond acceptors (Lipinski definition) is 4. The highest BCUT2D eigenvalue weighted by Crippen LogP contribution is 2.32. The fourth-order valence-electron chi connectivity index (χ4n) is 2.58. The molecule has 4 aromatic rings. The lowest BCUT2D eigenvalue weighted by Crippen LogP contribution is -2.00. The Kier molecular flexibility index (Phi) is 4.94. The van der Waals surface area contributed by atoms with Crippen LogP contribution in [-0.2, 0) is 0 Å². The summed E-state index contributed by atoms with van der Waals surface area (Å²) in [4.78, 5) is 4.36. The first-order chi connectivity index (χ1) is 13.1. The van der Waals surface area contributed by atoms with E-state index in [1.165, 1.54) is 0 Å². The summed E-state index contributed by atoms with van der Waals surface area (Å²) in [5.74, 6) is 1.64. The predicted molar refractivity (Wildman–Crippen MR) is 109 cm³/mol. The zero-order chi connectivity index (χ0) is 18.8. The number of nitrogens with one attached hydrogen (secondary N) is 1. The van der Waals surface area contributed by atoms with Crippen LogP contribution in [-0.4, -0.2) is 19.7 Å². The molecule has 0 fully saturated rings. The molecule has 134 valence electrons.